The number of H-pyrrole nitrogens is 1. The predicted molar refractivity (Wildman–Crippen MR) is 59.3 cm³/mol. The second-order valence-electron chi connectivity index (χ2n) is 3.43. The van der Waals surface area contributed by atoms with Gasteiger partial charge >= 0.3 is 0 Å². The van der Waals surface area contributed by atoms with E-state index in [4.69, 9.17) is 5.73 Å². The lowest BCUT2D eigenvalue weighted by Gasteiger charge is -2.09. The van der Waals surface area contributed by atoms with Gasteiger partial charge in [-0.3, -0.25) is 5.10 Å². The lowest BCUT2D eigenvalue weighted by Crippen LogP contribution is -2.10. The van der Waals surface area contributed by atoms with Gasteiger partial charge in [-0.05, 0) is 12.1 Å². The number of nitrogens with one attached hydrogen (secondary N) is 2. The van der Waals surface area contributed by atoms with Crippen molar-refractivity contribution in [2.24, 2.45) is 0 Å². The predicted octanol–water partition coefficient (Wildman–Crippen LogP) is 1.32. The van der Waals surface area contributed by atoms with E-state index >= 15 is 0 Å². The fraction of sp³-hybridized carbons (Fsp3) is 0.200. The molecule has 90 valence electrons. The summed E-state index contributed by atoms with van der Waals surface area (Å²) >= 11 is 0. The molecule has 7 heteroatoms. The summed E-state index contributed by atoms with van der Waals surface area (Å²) in [6.45, 7) is 0.375. The first-order valence-corrected chi connectivity index (χ1v) is 5.00. The van der Waals surface area contributed by atoms with Crippen molar-refractivity contribution in [1.82, 2.24) is 15.2 Å². The molecule has 0 aliphatic heterocycles. The summed E-state index contributed by atoms with van der Waals surface area (Å²) < 4.78 is 26.3. The summed E-state index contributed by atoms with van der Waals surface area (Å²) in [4.78, 5) is 3.90. The molecule has 0 saturated carbocycles. The SMILES string of the molecule is Nc1ccc(F)c(F)c1NCCc1ncn[nH]1. The Labute approximate surface area is 96.1 Å². The van der Waals surface area contributed by atoms with Gasteiger partial charge in [0.15, 0.2) is 11.6 Å². The Morgan fingerprint density at radius 2 is 2.18 bits per heavy atom. The Morgan fingerprint density at radius 1 is 1.35 bits per heavy atom. The monoisotopic (exact) mass is 239 g/mol. The Hall–Kier alpha value is -2.18. The van der Waals surface area contributed by atoms with E-state index in [0.717, 1.165) is 6.07 Å². The maximum absolute atomic E-state index is 13.4. The lowest BCUT2D eigenvalue weighted by atomic mass is 10.2. The van der Waals surface area contributed by atoms with Crippen LogP contribution in [-0.4, -0.2) is 21.7 Å². The molecule has 0 radical (unpaired) electrons. The molecule has 1 heterocycles. The second kappa shape index (κ2) is 4.77. The van der Waals surface area contributed by atoms with Crippen LogP contribution in [0.25, 0.3) is 0 Å². The molecule has 4 N–H and O–H groups in total. The zero-order valence-electron chi connectivity index (χ0n) is 8.87. The summed E-state index contributed by atoms with van der Waals surface area (Å²) in [6.07, 6.45) is 1.89. The maximum Gasteiger partial charge on any atom is 0.183 e. The molecule has 0 spiro atoms. The second-order valence-corrected chi connectivity index (χ2v) is 3.43. The van der Waals surface area contributed by atoms with Crippen molar-refractivity contribution in [1.29, 1.82) is 0 Å². The van der Waals surface area contributed by atoms with Gasteiger partial charge in [0.2, 0.25) is 0 Å². The lowest BCUT2D eigenvalue weighted by molar-refractivity contribution is 0.511. The van der Waals surface area contributed by atoms with Crippen LogP contribution in [0.2, 0.25) is 0 Å². The molecule has 0 bridgehead atoms. The van der Waals surface area contributed by atoms with Crippen LogP contribution in [-0.2, 0) is 6.42 Å². The fourth-order valence-corrected chi connectivity index (χ4v) is 1.40. The minimum atomic E-state index is -0.970. The number of nitrogens with two attached hydrogens (primary N) is 1. The van der Waals surface area contributed by atoms with Crippen LogP contribution < -0.4 is 11.1 Å². The molecule has 0 unspecified atom stereocenters. The molecule has 2 aromatic rings. The number of nitrogen functional groups attached to an aromatic ring is 1. The molecule has 0 aliphatic rings. The van der Waals surface area contributed by atoms with E-state index in [9.17, 15) is 8.78 Å². The van der Waals surface area contributed by atoms with E-state index in [2.05, 4.69) is 20.5 Å². The third-order valence-corrected chi connectivity index (χ3v) is 2.26. The topological polar surface area (TPSA) is 79.6 Å². The van der Waals surface area contributed by atoms with E-state index in [1.54, 1.807) is 0 Å². The quantitative estimate of drug-likeness (QED) is 0.703. The Balaban J connectivity index is 2.01. The highest BCUT2D eigenvalue weighted by molar-refractivity contribution is 5.66. The number of hydrogen-bond acceptors (Lipinski definition) is 4. The van der Waals surface area contributed by atoms with Crippen molar-refractivity contribution in [3.05, 3.63) is 35.9 Å². The first kappa shape index (κ1) is 11.3. The zero-order chi connectivity index (χ0) is 12.3. The van der Waals surface area contributed by atoms with Crippen molar-refractivity contribution in [3.63, 3.8) is 0 Å². The van der Waals surface area contributed by atoms with Gasteiger partial charge in [-0.2, -0.15) is 5.10 Å². The number of aromatic amines is 1. The number of anilines is 2. The summed E-state index contributed by atoms with van der Waals surface area (Å²) in [7, 11) is 0. The van der Waals surface area contributed by atoms with Crippen molar-refractivity contribution in [3.8, 4) is 0 Å². The van der Waals surface area contributed by atoms with E-state index in [-0.39, 0.29) is 11.4 Å². The van der Waals surface area contributed by atoms with Crippen LogP contribution in [0.3, 0.4) is 0 Å². The van der Waals surface area contributed by atoms with Crippen LogP contribution in [0.4, 0.5) is 20.2 Å². The highest BCUT2D eigenvalue weighted by Crippen LogP contribution is 2.24. The molecule has 5 nitrogen and oxygen atoms in total. The van der Waals surface area contributed by atoms with Crippen molar-refractivity contribution < 1.29 is 8.78 Å². The fourth-order valence-electron chi connectivity index (χ4n) is 1.40. The molecule has 1 aromatic carbocycles. The van der Waals surface area contributed by atoms with Gasteiger partial charge in [-0.15, -0.1) is 0 Å². The average molecular weight is 239 g/mol. The number of rotatable bonds is 4. The molecule has 17 heavy (non-hydrogen) atoms. The third-order valence-electron chi connectivity index (χ3n) is 2.26. The molecular weight excluding hydrogens is 228 g/mol. The van der Waals surface area contributed by atoms with Crippen molar-refractivity contribution in [2.75, 3.05) is 17.6 Å². The Morgan fingerprint density at radius 3 is 2.88 bits per heavy atom. The Kier molecular flexibility index (Phi) is 3.17. The van der Waals surface area contributed by atoms with Gasteiger partial charge in [-0.1, -0.05) is 0 Å². The summed E-state index contributed by atoms with van der Waals surface area (Å²) in [5, 5.41) is 9.07. The number of halogens is 2. The number of aromatic nitrogens is 3. The molecule has 0 aliphatic carbocycles. The first-order valence-electron chi connectivity index (χ1n) is 5.00. The van der Waals surface area contributed by atoms with Gasteiger partial charge in [0, 0.05) is 13.0 Å². The van der Waals surface area contributed by atoms with Gasteiger partial charge in [0.25, 0.3) is 0 Å². The number of benzene rings is 1. The third kappa shape index (κ3) is 2.49. The highest BCUT2D eigenvalue weighted by atomic mass is 19.2. The van der Waals surface area contributed by atoms with E-state index in [0.29, 0.717) is 18.8 Å². The van der Waals surface area contributed by atoms with E-state index in [1.165, 1.54) is 12.4 Å². The summed E-state index contributed by atoms with van der Waals surface area (Å²) in [5.41, 5.74) is 5.69. The number of nitrogens with zero attached hydrogens (tertiary/aromatic N) is 2. The minimum Gasteiger partial charge on any atom is -0.397 e. The number of hydrogen-bond donors (Lipinski definition) is 3. The van der Waals surface area contributed by atoms with Gasteiger partial charge < -0.3 is 11.1 Å². The van der Waals surface area contributed by atoms with Gasteiger partial charge in [0.05, 0.1) is 11.4 Å². The highest BCUT2D eigenvalue weighted by Gasteiger charge is 2.11. The zero-order valence-corrected chi connectivity index (χ0v) is 8.87. The summed E-state index contributed by atoms with van der Waals surface area (Å²) in [5.74, 6) is -1.24. The molecule has 2 rings (SSSR count). The van der Waals surface area contributed by atoms with Crippen LogP contribution in [0, 0.1) is 11.6 Å². The van der Waals surface area contributed by atoms with Gasteiger partial charge in [0.1, 0.15) is 12.2 Å². The first-order chi connectivity index (χ1) is 8.18. The minimum absolute atomic E-state index is 0.0236. The Bertz CT molecular complexity index is 498. The van der Waals surface area contributed by atoms with Crippen LogP contribution in [0.15, 0.2) is 18.5 Å². The van der Waals surface area contributed by atoms with Crippen LogP contribution in [0.5, 0.6) is 0 Å². The van der Waals surface area contributed by atoms with Crippen LogP contribution in [0.1, 0.15) is 5.82 Å². The molecule has 0 fully saturated rings. The van der Waals surface area contributed by atoms with Crippen molar-refractivity contribution in [2.45, 2.75) is 6.42 Å². The van der Waals surface area contributed by atoms with E-state index in [1.807, 2.05) is 0 Å². The molecule has 0 atom stereocenters. The normalized spacial score (nSPS) is 10.5. The molecule has 0 amide bonds. The summed E-state index contributed by atoms with van der Waals surface area (Å²) in [6, 6.07) is 2.31. The molecular formula is C10H11F2N5. The van der Waals surface area contributed by atoms with Crippen LogP contribution >= 0.6 is 0 Å². The average Bonchev–Trinajstić information content (AvgIpc) is 2.81. The largest absolute Gasteiger partial charge is 0.397 e. The molecule has 0 saturated heterocycles. The van der Waals surface area contributed by atoms with E-state index < -0.39 is 11.6 Å². The van der Waals surface area contributed by atoms with Gasteiger partial charge in [-0.25, -0.2) is 13.8 Å². The maximum atomic E-state index is 13.4. The smallest absolute Gasteiger partial charge is 0.183 e. The standard InChI is InChI=1S/C10H11F2N5/c11-6-1-2-7(13)10(9(6)12)14-4-3-8-15-5-16-17-8/h1-2,5,14H,3-4,13H2,(H,15,16,17). The van der Waals surface area contributed by atoms with Crippen molar-refractivity contribution >= 4 is 11.4 Å². The molecule has 1 aromatic heterocycles.